The van der Waals surface area contributed by atoms with Gasteiger partial charge in [-0.1, -0.05) is 18.2 Å². The first-order chi connectivity index (χ1) is 13.0. The monoisotopic (exact) mass is 390 g/mol. The number of ether oxygens (including phenoxy) is 1. The number of carboxylic acid groups (broad SMARTS) is 1. The number of carbonyl (C=O) groups is 3. The first kappa shape index (κ1) is 20.3. The zero-order valence-corrected chi connectivity index (χ0v) is 16.6. The van der Waals surface area contributed by atoms with Gasteiger partial charge in [0.2, 0.25) is 11.8 Å². The van der Waals surface area contributed by atoms with E-state index in [4.69, 9.17) is 4.74 Å². The van der Waals surface area contributed by atoms with Gasteiger partial charge in [-0.15, -0.1) is 0 Å². The number of amides is 2. The fourth-order valence-electron chi connectivity index (χ4n) is 4.55. The van der Waals surface area contributed by atoms with Gasteiger partial charge in [0.25, 0.3) is 0 Å². The Morgan fingerprint density at radius 3 is 2.36 bits per heavy atom. The van der Waals surface area contributed by atoms with Crippen molar-refractivity contribution in [2.45, 2.75) is 50.9 Å². The predicted octanol–water partition coefficient (Wildman–Crippen LogP) is 0.943. The summed E-state index contributed by atoms with van der Waals surface area (Å²) in [5.41, 5.74) is -2.23. The zero-order chi connectivity index (χ0) is 21.0. The van der Waals surface area contributed by atoms with Crippen molar-refractivity contribution in [3.63, 3.8) is 0 Å². The van der Waals surface area contributed by atoms with E-state index >= 15 is 0 Å². The lowest BCUT2D eigenvalue weighted by Crippen LogP contribution is -2.63. The highest BCUT2D eigenvalue weighted by Crippen LogP contribution is 2.52. The third kappa shape index (κ3) is 2.62. The van der Waals surface area contributed by atoms with Gasteiger partial charge in [0, 0.05) is 17.1 Å². The van der Waals surface area contributed by atoms with E-state index in [1.807, 2.05) is 0 Å². The minimum atomic E-state index is -1.98. The number of aliphatic hydroxyl groups is 1. The van der Waals surface area contributed by atoms with Crippen LogP contribution in [0, 0.1) is 11.8 Å². The van der Waals surface area contributed by atoms with Crippen LogP contribution in [0.3, 0.4) is 0 Å². The fourth-order valence-corrected chi connectivity index (χ4v) is 4.55. The van der Waals surface area contributed by atoms with Crippen LogP contribution in [0.4, 0.5) is 0 Å². The summed E-state index contributed by atoms with van der Waals surface area (Å²) in [6, 6.07) is 6.15. The van der Waals surface area contributed by atoms with Crippen LogP contribution in [0.15, 0.2) is 24.3 Å². The topological polar surface area (TPSA) is 116 Å². The summed E-state index contributed by atoms with van der Waals surface area (Å²) in [6.07, 6.45) is -1.41. The molecule has 28 heavy (non-hydrogen) atoms. The standard InChI is InChI=1S/C20H26N2O6/c1-10(23)20(18(26)27)14-13(16(24)22(17(14)25)19(2,3)4)15(21-20)11-8-6-7-9-12(11)28-5/h6-10,13-15,21,23H,1-5H3,(H,26,27). The van der Waals surface area contributed by atoms with Crippen molar-refractivity contribution >= 4 is 17.8 Å². The van der Waals surface area contributed by atoms with Gasteiger partial charge in [0.1, 0.15) is 5.75 Å². The zero-order valence-electron chi connectivity index (χ0n) is 16.6. The molecule has 0 bridgehead atoms. The van der Waals surface area contributed by atoms with Crippen LogP contribution >= 0.6 is 0 Å². The van der Waals surface area contributed by atoms with E-state index in [1.54, 1.807) is 45.0 Å². The lowest BCUT2D eigenvalue weighted by molar-refractivity contribution is -0.158. The molecule has 2 amide bonds. The molecule has 152 valence electrons. The molecule has 3 rings (SSSR count). The third-order valence-electron chi connectivity index (χ3n) is 5.75. The van der Waals surface area contributed by atoms with Crippen molar-refractivity contribution in [3.05, 3.63) is 29.8 Å². The molecule has 2 aliphatic heterocycles. The number of fused-ring (bicyclic) bond motifs is 1. The van der Waals surface area contributed by atoms with Gasteiger partial charge in [0.05, 0.1) is 25.0 Å². The van der Waals surface area contributed by atoms with E-state index in [0.717, 1.165) is 4.90 Å². The second-order valence-electron chi connectivity index (χ2n) is 8.40. The Hall–Kier alpha value is -2.45. The Labute approximate surface area is 163 Å². The van der Waals surface area contributed by atoms with Gasteiger partial charge in [-0.2, -0.15) is 0 Å². The Balaban J connectivity index is 2.24. The summed E-state index contributed by atoms with van der Waals surface area (Å²) in [5, 5.41) is 23.4. The Morgan fingerprint density at radius 2 is 1.86 bits per heavy atom. The second kappa shape index (κ2) is 6.56. The number of nitrogens with one attached hydrogen (secondary N) is 1. The maximum absolute atomic E-state index is 13.3. The molecule has 0 saturated carbocycles. The van der Waals surface area contributed by atoms with E-state index in [0.29, 0.717) is 11.3 Å². The van der Waals surface area contributed by atoms with Crippen molar-refractivity contribution in [1.29, 1.82) is 0 Å². The molecule has 1 aromatic carbocycles. The van der Waals surface area contributed by atoms with E-state index in [2.05, 4.69) is 5.32 Å². The van der Waals surface area contributed by atoms with E-state index in [-0.39, 0.29) is 0 Å². The number of aliphatic hydroxyl groups excluding tert-OH is 1. The van der Waals surface area contributed by atoms with Gasteiger partial charge in [-0.25, -0.2) is 0 Å². The first-order valence-electron chi connectivity index (χ1n) is 9.18. The number of imide groups is 1. The van der Waals surface area contributed by atoms with Crippen molar-refractivity contribution in [3.8, 4) is 5.75 Å². The van der Waals surface area contributed by atoms with Gasteiger partial charge < -0.3 is 14.9 Å². The fraction of sp³-hybridized carbons (Fsp3) is 0.550. The molecule has 2 aliphatic rings. The molecule has 0 aromatic heterocycles. The van der Waals surface area contributed by atoms with E-state index in [1.165, 1.54) is 14.0 Å². The van der Waals surface area contributed by atoms with Crippen molar-refractivity contribution in [1.82, 2.24) is 10.2 Å². The number of carbonyl (C=O) groups excluding carboxylic acids is 2. The number of rotatable bonds is 4. The van der Waals surface area contributed by atoms with Gasteiger partial charge in [-0.3, -0.25) is 24.6 Å². The van der Waals surface area contributed by atoms with Crippen LogP contribution in [0.1, 0.15) is 39.3 Å². The molecule has 8 heteroatoms. The van der Waals surface area contributed by atoms with Crippen molar-refractivity contribution in [2.75, 3.05) is 7.11 Å². The second-order valence-corrected chi connectivity index (χ2v) is 8.40. The molecule has 8 nitrogen and oxygen atoms in total. The molecule has 5 unspecified atom stereocenters. The highest BCUT2D eigenvalue weighted by atomic mass is 16.5. The number of aliphatic carboxylic acids is 1. The summed E-state index contributed by atoms with van der Waals surface area (Å²) in [6.45, 7) is 6.49. The molecule has 3 N–H and O–H groups in total. The normalized spacial score (nSPS) is 31.1. The van der Waals surface area contributed by atoms with Gasteiger partial charge in [-0.05, 0) is 33.8 Å². The number of likely N-dealkylation sites (tertiary alicyclic amines) is 1. The van der Waals surface area contributed by atoms with Gasteiger partial charge >= 0.3 is 5.97 Å². The van der Waals surface area contributed by atoms with Crippen LogP contribution in [0.25, 0.3) is 0 Å². The minimum Gasteiger partial charge on any atom is -0.496 e. The first-order valence-corrected chi connectivity index (χ1v) is 9.18. The number of hydrogen-bond acceptors (Lipinski definition) is 6. The summed E-state index contributed by atoms with van der Waals surface area (Å²) >= 11 is 0. The molecule has 5 atom stereocenters. The van der Waals surface area contributed by atoms with Crippen LogP contribution in [0.5, 0.6) is 5.75 Å². The lowest BCUT2D eigenvalue weighted by Gasteiger charge is -2.36. The Kier molecular flexibility index (Phi) is 4.75. The summed E-state index contributed by atoms with van der Waals surface area (Å²) in [4.78, 5) is 40.0. The Bertz CT molecular complexity index is 830. The average Bonchev–Trinajstić information content (AvgIpc) is 3.09. The smallest absolute Gasteiger partial charge is 0.327 e. The number of nitrogens with zero attached hydrogens (tertiary/aromatic N) is 1. The maximum Gasteiger partial charge on any atom is 0.327 e. The van der Waals surface area contributed by atoms with Crippen LogP contribution < -0.4 is 10.1 Å². The molecular weight excluding hydrogens is 364 g/mol. The molecule has 2 heterocycles. The molecule has 0 radical (unpaired) electrons. The molecular formula is C20H26N2O6. The number of carboxylic acids is 1. The highest BCUT2D eigenvalue weighted by molar-refractivity contribution is 6.10. The molecule has 0 spiro atoms. The predicted molar refractivity (Wildman–Crippen MR) is 99.5 cm³/mol. The summed E-state index contributed by atoms with van der Waals surface area (Å²) < 4.78 is 5.39. The van der Waals surface area contributed by atoms with Crippen molar-refractivity contribution in [2.24, 2.45) is 11.8 Å². The summed E-state index contributed by atoms with van der Waals surface area (Å²) in [7, 11) is 1.48. The van der Waals surface area contributed by atoms with E-state index in [9.17, 15) is 24.6 Å². The lowest BCUT2D eigenvalue weighted by atomic mass is 9.76. The van der Waals surface area contributed by atoms with Crippen LogP contribution in [-0.4, -0.2) is 57.2 Å². The number of hydrogen-bond donors (Lipinski definition) is 3. The number of para-hydroxylation sites is 1. The molecule has 2 fully saturated rings. The van der Waals surface area contributed by atoms with E-state index < -0.39 is 52.8 Å². The van der Waals surface area contributed by atoms with Crippen LogP contribution in [0.2, 0.25) is 0 Å². The largest absolute Gasteiger partial charge is 0.496 e. The number of methoxy groups -OCH3 is 1. The Morgan fingerprint density at radius 1 is 1.25 bits per heavy atom. The molecule has 0 aliphatic carbocycles. The third-order valence-corrected chi connectivity index (χ3v) is 5.75. The molecule has 1 aromatic rings. The average molecular weight is 390 g/mol. The quantitative estimate of drug-likeness (QED) is 0.655. The molecule has 2 saturated heterocycles. The minimum absolute atomic E-state index is 0.449. The highest BCUT2D eigenvalue weighted by Gasteiger charge is 2.71. The SMILES string of the molecule is COc1ccccc1C1NC(C(=O)O)(C(C)O)C2C(=O)N(C(C)(C)C)C(=O)C12. The van der Waals surface area contributed by atoms with Gasteiger partial charge in [0.15, 0.2) is 5.54 Å². The number of benzene rings is 1. The summed E-state index contributed by atoms with van der Waals surface area (Å²) in [5.74, 6) is -4.13. The maximum atomic E-state index is 13.3. The van der Waals surface area contributed by atoms with Crippen molar-refractivity contribution < 1.29 is 29.3 Å². The van der Waals surface area contributed by atoms with Crippen LogP contribution in [-0.2, 0) is 14.4 Å².